The number of aromatic hydroxyl groups is 1. The number of anilines is 1. The number of benzene rings is 2. The molecule has 4 N–H and O–H groups in total. The van der Waals surface area contributed by atoms with Crippen LogP contribution in [0.25, 0.3) is 0 Å². The van der Waals surface area contributed by atoms with E-state index in [1.165, 1.54) is 0 Å². The van der Waals surface area contributed by atoms with Gasteiger partial charge in [-0.25, -0.2) is 0 Å². The van der Waals surface area contributed by atoms with Gasteiger partial charge < -0.3 is 20.8 Å². The standard InChI is InChI=1S/C18H22N2O3/c1-12-8-15(17(22)9-13(12)2)11-20-16-5-3-4-14(10-16)18(23)19-6-7-21/h3-5,8-10,20-22H,6-7,11H2,1-2H3,(H,19,23). The van der Waals surface area contributed by atoms with Crippen LogP contribution in [0.5, 0.6) is 5.75 Å². The van der Waals surface area contributed by atoms with Gasteiger partial charge in [-0.05, 0) is 49.2 Å². The summed E-state index contributed by atoms with van der Waals surface area (Å²) in [4.78, 5) is 11.9. The summed E-state index contributed by atoms with van der Waals surface area (Å²) in [6, 6.07) is 10.8. The Hall–Kier alpha value is -2.53. The molecule has 0 atom stereocenters. The molecule has 0 aliphatic carbocycles. The number of hydrogen-bond donors (Lipinski definition) is 4. The van der Waals surface area contributed by atoms with E-state index in [4.69, 9.17) is 5.11 Å². The molecule has 0 bridgehead atoms. The van der Waals surface area contributed by atoms with Gasteiger partial charge in [0.25, 0.3) is 5.91 Å². The van der Waals surface area contributed by atoms with E-state index in [-0.39, 0.29) is 24.8 Å². The summed E-state index contributed by atoms with van der Waals surface area (Å²) in [6.07, 6.45) is 0. The number of carbonyl (C=O) groups excluding carboxylic acids is 1. The van der Waals surface area contributed by atoms with E-state index >= 15 is 0 Å². The molecule has 0 spiro atoms. The molecule has 0 aromatic heterocycles. The SMILES string of the molecule is Cc1cc(O)c(CNc2cccc(C(=O)NCCO)c2)cc1C. The van der Waals surface area contributed by atoms with Gasteiger partial charge >= 0.3 is 0 Å². The Morgan fingerprint density at radius 2 is 1.87 bits per heavy atom. The molecule has 0 aliphatic heterocycles. The minimum Gasteiger partial charge on any atom is -0.508 e. The number of phenolic OH excluding ortho intramolecular Hbond substituents is 1. The first-order valence-corrected chi connectivity index (χ1v) is 7.53. The first-order valence-electron chi connectivity index (χ1n) is 7.53. The molecule has 5 nitrogen and oxygen atoms in total. The third kappa shape index (κ3) is 4.47. The molecule has 122 valence electrons. The van der Waals surface area contributed by atoms with E-state index in [0.29, 0.717) is 12.1 Å². The van der Waals surface area contributed by atoms with E-state index in [2.05, 4.69) is 10.6 Å². The lowest BCUT2D eigenvalue weighted by Crippen LogP contribution is -2.26. The lowest BCUT2D eigenvalue weighted by molar-refractivity contribution is 0.0945. The van der Waals surface area contributed by atoms with Crippen LogP contribution in [0.2, 0.25) is 0 Å². The van der Waals surface area contributed by atoms with Crippen molar-refractivity contribution in [3.63, 3.8) is 0 Å². The Bertz CT molecular complexity index is 699. The van der Waals surface area contributed by atoms with Crippen LogP contribution < -0.4 is 10.6 Å². The van der Waals surface area contributed by atoms with Gasteiger partial charge in [-0.3, -0.25) is 4.79 Å². The van der Waals surface area contributed by atoms with Crippen LogP contribution in [0.15, 0.2) is 36.4 Å². The van der Waals surface area contributed by atoms with Gasteiger partial charge in [0, 0.05) is 29.9 Å². The minimum absolute atomic E-state index is 0.0876. The molecule has 0 aliphatic rings. The maximum absolute atomic E-state index is 11.9. The Labute approximate surface area is 136 Å². The molecule has 5 heteroatoms. The van der Waals surface area contributed by atoms with Gasteiger partial charge in [0.1, 0.15) is 5.75 Å². The zero-order valence-electron chi connectivity index (χ0n) is 13.4. The van der Waals surface area contributed by atoms with Crippen LogP contribution in [0.1, 0.15) is 27.0 Å². The summed E-state index contributed by atoms with van der Waals surface area (Å²) in [5, 5.41) is 24.6. The van der Waals surface area contributed by atoms with Crippen molar-refractivity contribution < 1.29 is 15.0 Å². The van der Waals surface area contributed by atoms with Gasteiger partial charge in [0.05, 0.1) is 6.61 Å². The largest absolute Gasteiger partial charge is 0.508 e. The summed E-state index contributed by atoms with van der Waals surface area (Å²) in [6.45, 7) is 4.57. The van der Waals surface area contributed by atoms with Crippen LogP contribution in [0.3, 0.4) is 0 Å². The molecular weight excluding hydrogens is 292 g/mol. The average Bonchev–Trinajstić information content (AvgIpc) is 2.55. The van der Waals surface area contributed by atoms with E-state index in [1.54, 1.807) is 24.3 Å². The fourth-order valence-electron chi connectivity index (χ4n) is 2.24. The fourth-order valence-corrected chi connectivity index (χ4v) is 2.24. The Morgan fingerprint density at radius 3 is 2.61 bits per heavy atom. The van der Waals surface area contributed by atoms with Crippen molar-refractivity contribution in [2.75, 3.05) is 18.5 Å². The molecule has 2 aromatic carbocycles. The van der Waals surface area contributed by atoms with Gasteiger partial charge in [0.2, 0.25) is 0 Å². The highest BCUT2D eigenvalue weighted by Gasteiger charge is 2.07. The number of aliphatic hydroxyl groups is 1. The number of carbonyl (C=O) groups is 1. The van der Waals surface area contributed by atoms with Crippen LogP contribution >= 0.6 is 0 Å². The molecular formula is C18H22N2O3. The monoisotopic (exact) mass is 314 g/mol. The van der Waals surface area contributed by atoms with Gasteiger partial charge in [-0.2, -0.15) is 0 Å². The molecule has 0 heterocycles. The molecule has 2 rings (SSSR count). The lowest BCUT2D eigenvalue weighted by atomic mass is 10.0. The summed E-state index contributed by atoms with van der Waals surface area (Å²) in [7, 11) is 0. The van der Waals surface area contributed by atoms with Crippen LogP contribution in [0, 0.1) is 13.8 Å². The third-order valence-corrected chi connectivity index (χ3v) is 3.70. The average molecular weight is 314 g/mol. The van der Waals surface area contributed by atoms with Gasteiger partial charge in [0.15, 0.2) is 0 Å². The van der Waals surface area contributed by atoms with Crippen molar-refractivity contribution >= 4 is 11.6 Å². The number of amides is 1. The van der Waals surface area contributed by atoms with Crippen molar-refractivity contribution in [1.29, 1.82) is 0 Å². The molecule has 1 amide bonds. The summed E-state index contributed by atoms with van der Waals surface area (Å²) in [5.74, 6) is 0.0363. The highest BCUT2D eigenvalue weighted by atomic mass is 16.3. The summed E-state index contributed by atoms with van der Waals surface area (Å²) < 4.78 is 0. The predicted octanol–water partition coefficient (Wildman–Crippen LogP) is 2.34. The first kappa shape index (κ1) is 16.8. The predicted molar refractivity (Wildman–Crippen MR) is 90.8 cm³/mol. The van der Waals surface area contributed by atoms with Crippen LogP contribution in [0.4, 0.5) is 5.69 Å². The Balaban J connectivity index is 2.06. The summed E-state index contributed by atoms with van der Waals surface area (Å²) >= 11 is 0. The molecule has 0 saturated heterocycles. The number of rotatable bonds is 6. The van der Waals surface area contributed by atoms with Crippen molar-refractivity contribution in [1.82, 2.24) is 5.32 Å². The molecule has 0 saturated carbocycles. The fraction of sp³-hybridized carbons (Fsp3) is 0.278. The normalized spacial score (nSPS) is 10.4. The first-order chi connectivity index (χ1) is 11.0. The lowest BCUT2D eigenvalue weighted by Gasteiger charge is -2.12. The topological polar surface area (TPSA) is 81.6 Å². The maximum atomic E-state index is 11.9. The third-order valence-electron chi connectivity index (χ3n) is 3.70. The highest BCUT2D eigenvalue weighted by molar-refractivity contribution is 5.95. The zero-order chi connectivity index (χ0) is 16.8. The highest BCUT2D eigenvalue weighted by Crippen LogP contribution is 2.23. The molecule has 0 radical (unpaired) electrons. The number of hydrogen-bond acceptors (Lipinski definition) is 4. The number of aliphatic hydroxyl groups excluding tert-OH is 1. The van der Waals surface area contributed by atoms with Crippen molar-refractivity contribution in [2.24, 2.45) is 0 Å². The quantitative estimate of drug-likeness (QED) is 0.660. The van der Waals surface area contributed by atoms with E-state index in [9.17, 15) is 9.90 Å². The maximum Gasteiger partial charge on any atom is 0.251 e. The van der Waals surface area contributed by atoms with Crippen molar-refractivity contribution in [3.8, 4) is 5.75 Å². The number of phenols is 1. The smallest absolute Gasteiger partial charge is 0.251 e. The van der Waals surface area contributed by atoms with Crippen molar-refractivity contribution in [3.05, 3.63) is 58.7 Å². The van der Waals surface area contributed by atoms with Crippen LogP contribution in [-0.4, -0.2) is 29.3 Å². The second kappa shape index (κ2) is 7.65. The molecule has 0 unspecified atom stereocenters. The Morgan fingerprint density at radius 1 is 1.13 bits per heavy atom. The van der Waals surface area contributed by atoms with E-state index in [0.717, 1.165) is 22.4 Å². The van der Waals surface area contributed by atoms with E-state index < -0.39 is 0 Å². The number of aryl methyl sites for hydroxylation is 2. The second-order valence-corrected chi connectivity index (χ2v) is 5.48. The second-order valence-electron chi connectivity index (χ2n) is 5.48. The molecule has 2 aromatic rings. The van der Waals surface area contributed by atoms with Crippen molar-refractivity contribution in [2.45, 2.75) is 20.4 Å². The van der Waals surface area contributed by atoms with Crippen LogP contribution in [-0.2, 0) is 6.54 Å². The summed E-state index contributed by atoms with van der Waals surface area (Å²) in [5.41, 5.74) is 4.29. The number of nitrogens with one attached hydrogen (secondary N) is 2. The molecule has 23 heavy (non-hydrogen) atoms. The van der Waals surface area contributed by atoms with Gasteiger partial charge in [-0.1, -0.05) is 12.1 Å². The van der Waals surface area contributed by atoms with E-state index in [1.807, 2.05) is 26.0 Å². The zero-order valence-corrected chi connectivity index (χ0v) is 13.4. The van der Waals surface area contributed by atoms with Gasteiger partial charge in [-0.15, -0.1) is 0 Å². The Kier molecular flexibility index (Phi) is 5.60. The molecule has 0 fully saturated rings. The minimum atomic E-state index is -0.225.